The van der Waals surface area contributed by atoms with Crippen LogP contribution in [0.25, 0.3) is 16.3 Å². The summed E-state index contributed by atoms with van der Waals surface area (Å²) in [5, 5.41) is 6.75. The Kier molecular flexibility index (Phi) is 5.08. The van der Waals surface area contributed by atoms with E-state index in [0.717, 1.165) is 27.5 Å². The van der Waals surface area contributed by atoms with Gasteiger partial charge in [0.15, 0.2) is 0 Å². The third kappa shape index (κ3) is 3.49. The average Bonchev–Trinajstić information content (AvgIpc) is 3.39. The van der Waals surface area contributed by atoms with Crippen molar-refractivity contribution in [2.45, 2.75) is 13.8 Å². The third-order valence-electron chi connectivity index (χ3n) is 4.59. The fourth-order valence-electron chi connectivity index (χ4n) is 3.22. The van der Waals surface area contributed by atoms with Gasteiger partial charge in [0.25, 0.3) is 5.91 Å². The van der Waals surface area contributed by atoms with E-state index in [4.69, 9.17) is 5.10 Å². The second kappa shape index (κ2) is 7.82. The van der Waals surface area contributed by atoms with Crippen LogP contribution in [0.1, 0.15) is 22.8 Å². The van der Waals surface area contributed by atoms with Crippen LogP contribution in [0, 0.1) is 6.92 Å². The Morgan fingerprint density at radius 3 is 2.57 bits per heavy atom. The standard InChI is InChI=1S/C23H21N3OS/c1-3-25(19-12-7-9-17(2)15-19)23(27)20-16-26(18-10-5-4-6-11-18)24-22(20)21-13-8-14-28-21/h4-16H,3H2,1-2H3. The summed E-state index contributed by atoms with van der Waals surface area (Å²) in [4.78, 5) is 16.3. The minimum atomic E-state index is -0.0429. The van der Waals surface area contributed by atoms with Gasteiger partial charge in [0, 0.05) is 18.4 Å². The maximum atomic E-state index is 13.5. The first-order chi connectivity index (χ1) is 13.7. The lowest BCUT2D eigenvalue weighted by Crippen LogP contribution is -2.30. The first kappa shape index (κ1) is 18.2. The van der Waals surface area contributed by atoms with Gasteiger partial charge in [-0.15, -0.1) is 11.3 Å². The number of carbonyl (C=O) groups excluding carboxylic acids is 1. The normalized spacial score (nSPS) is 10.8. The van der Waals surface area contributed by atoms with Crippen molar-refractivity contribution in [2.75, 3.05) is 11.4 Å². The van der Waals surface area contributed by atoms with E-state index < -0.39 is 0 Å². The fraction of sp³-hybridized carbons (Fsp3) is 0.130. The summed E-state index contributed by atoms with van der Waals surface area (Å²) >= 11 is 1.59. The summed E-state index contributed by atoms with van der Waals surface area (Å²) in [6.45, 7) is 4.61. The number of thiophene rings is 1. The highest BCUT2D eigenvalue weighted by Gasteiger charge is 2.24. The van der Waals surface area contributed by atoms with Crippen LogP contribution in [0.4, 0.5) is 5.69 Å². The molecule has 0 bridgehead atoms. The number of aromatic nitrogens is 2. The van der Waals surface area contributed by atoms with Crippen LogP contribution in [0.3, 0.4) is 0 Å². The molecule has 0 saturated heterocycles. The number of anilines is 1. The van der Waals surface area contributed by atoms with E-state index in [1.807, 2.05) is 92.2 Å². The zero-order valence-electron chi connectivity index (χ0n) is 15.9. The monoisotopic (exact) mass is 387 g/mol. The highest BCUT2D eigenvalue weighted by molar-refractivity contribution is 7.13. The second-order valence-electron chi connectivity index (χ2n) is 6.54. The van der Waals surface area contributed by atoms with Crippen LogP contribution < -0.4 is 4.90 Å². The molecule has 0 saturated carbocycles. The molecule has 2 heterocycles. The molecule has 0 aliphatic carbocycles. The lowest BCUT2D eigenvalue weighted by atomic mass is 10.1. The van der Waals surface area contributed by atoms with Gasteiger partial charge in [-0.05, 0) is 55.1 Å². The second-order valence-corrected chi connectivity index (χ2v) is 7.48. The Hall–Kier alpha value is -3.18. The number of carbonyl (C=O) groups is 1. The highest BCUT2D eigenvalue weighted by Crippen LogP contribution is 2.30. The maximum Gasteiger partial charge on any atom is 0.262 e. The van der Waals surface area contributed by atoms with Crippen LogP contribution in [0.15, 0.2) is 78.3 Å². The Labute approximate surface area is 168 Å². The SMILES string of the molecule is CCN(C(=O)c1cn(-c2ccccc2)nc1-c1cccs1)c1cccc(C)c1. The molecule has 140 valence electrons. The van der Waals surface area contributed by atoms with Crippen LogP contribution in [0.2, 0.25) is 0 Å². The van der Waals surface area contributed by atoms with Crippen molar-refractivity contribution >= 4 is 22.9 Å². The Balaban J connectivity index is 1.81. The molecule has 28 heavy (non-hydrogen) atoms. The molecule has 1 amide bonds. The molecular weight excluding hydrogens is 366 g/mol. The van der Waals surface area contributed by atoms with Gasteiger partial charge in [-0.3, -0.25) is 4.79 Å². The largest absolute Gasteiger partial charge is 0.309 e. The summed E-state index contributed by atoms with van der Waals surface area (Å²) in [5.41, 5.74) is 4.28. The summed E-state index contributed by atoms with van der Waals surface area (Å²) < 4.78 is 1.78. The molecule has 0 fully saturated rings. The molecule has 0 aliphatic rings. The smallest absolute Gasteiger partial charge is 0.262 e. The molecular formula is C23H21N3OS. The molecule has 0 atom stereocenters. The highest BCUT2D eigenvalue weighted by atomic mass is 32.1. The molecule has 0 unspecified atom stereocenters. The number of rotatable bonds is 5. The molecule has 4 nitrogen and oxygen atoms in total. The zero-order valence-corrected chi connectivity index (χ0v) is 16.7. The predicted octanol–water partition coefficient (Wildman–Crippen LogP) is 5.58. The van der Waals surface area contributed by atoms with E-state index in [-0.39, 0.29) is 5.91 Å². The number of hydrogen-bond acceptors (Lipinski definition) is 3. The zero-order chi connectivity index (χ0) is 19.5. The van der Waals surface area contributed by atoms with Crippen LogP contribution in [0.5, 0.6) is 0 Å². The number of nitrogens with zero attached hydrogens (tertiary/aromatic N) is 3. The third-order valence-corrected chi connectivity index (χ3v) is 5.47. The topological polar surface area (TPSA) is 38.1 Å². The average molecular weight is 388 g/mol. The van der Waals surface area contributed by atoms with Crippen molar-refractivity contribution in [1.29, 1.82) is 0 Å². The maximum absolute atomic E-state index is 13.5. The molecule has 4 aromatic rings. The van der Waals surface area contributed by atoms with E-state index in [0.29, 0.717) is 12.1 Å². The van der Waals surface area contributed by atoms with E-state index in [9.17, 15) is 4.79 Å². The number of hydrogen-bond donors (Lipinski definition) is 0. The Bertz CT molecular complexity index is 1080. The molecule has 0 aliphatic heterocycles. The molecule has 0 N–H and O–H groups in total. The molecule has 5 heteroatoms. The molecule has 4 rings (SSSR count). The molecule has 0 radical (unpaired) electrons. The summed E-state index contributed by atoms with van der Waals surface area (Å²) in [6.07, 6.45) is 1.84. The van der Waals surface area contributed by atoms with E-state index in [2.05, 4.69) is 0 Å². The van der Waals surface area contributed by atoms with Gasteiger partial charge in [0.2, 0.25) is 0 Å². The minimum absolute atomic E-state index is 0.0429. The molecule has 2 aromatic heterocycles. The summed E-state index contributed by atoms with van der Waals surface area (Å²) in [6, 6.07) is 21.9. The van der Waals surface area contributed by atoms with Crippen LogP contribution >= 0.6 is 11.3 Å². The minimum Gasteiger partial charge on any atom is -0.309 e. The number of benzene rings is 2. The van der Waals surface area contributed by atoms with Crippen molar-refractivity contribution in [3.8, 4) is 16.3 Å². The van der Waals surface area contributed by atoms with Gasteiger partial charge in [0.1, 0.15) is 5.69 Å². The van der Waals surface area contributed by atoms with Gasteiger partial charge < -0.3 is 4.90 Å². The van der Waals surface area contributed by atoms with Crippen molar-refractivity contribution in [3.63, 3.8) is 0 Å². The first-order valence-corrected chi connectivity index (χ1v) is 10.1. The summed E-state index contributed by atoms with van der Waals surface area (Å²) in [7, 11) is 0. The lowest BCUT2D eigenvalue weighted by Gasteiger charge is -2.21. The van der Waals surface area contributed by atoms with E-state index in [1.165, 1.54) is 0 Å². The quantitative estimate of drug-likeness (QED) is 0.449. The van der Waals surface area contributed by atoms with Crippen LogP contribution in [-0.2, 0) is 0 Å². The first-order valence-electron chi connectivity index (χ1n) is 9.25. The number of para-hydroxylation sites is 1. The van der Waals surface area contributed by atoms with Gasteiger partial charge in [0.05, 0.1) is 16.1 Å². The lowest BCUT2D eigenvalue weighted by molar-refractivity contribution is 0.0989. The van der Waals surface area contributed by atoms with Gasteiger partial charge in [-0.25, -0.2) is 4.68 Å². The number of aryl methyl sites for hydroxylation is 1. The van der Waals surface area contributed by atoms with E-state index in [1.54, 1.807) is 20.9 Å². The van der Waals surface area contributed by atoms with Gasteiger partial charge in [-0.1, -0.05) is 36.4 Å². The fourth-order valence-corrected chi connectivity index (χ4v) is 3.95. The summed E-state index contributed by atoms with van der Waals surface area (Å²) in [5.74, 6) is -0.0429. The van der Waals surface area contributed by atoms with Crippen LogP contribution in [-0.4, -0.2) is 22.2 Å². The van der Waals surface area contributed by atoms with Crippen molar-refractivity contribution in [1.82, 2.24) is 9.78 Å². The molecule has 0 spiro atoms. The Morgan fingerprint density at radius 1 is 1.07 bits per heavy atom. The predicted molar refractivity (Wildman–Crippen MR) is 115 cm³/mol. The van der Waals surface area contributed by atoms with Crippen molar-refractivity contribution in [3.05, 3.63) is 89.4 Å². The Morgan fingerprint density at radius 2 is 1.89 bits per heavy atom. The van der Waals surface area contributed by atoms with E-state index >= 15 is 0 Å². The van der Waals surface area contributed by atoms with Crippen molar-refractivity contribution in [2.24, 2.45) is 0 Å². The molecule has 2 aromatic carbocycles. The number of amides is 1. The van der Waals surface area contributed by atoms with Gasteiger partial charge in [-0.2, -0.15) is 5.10 Å². The van der Waals surface area contributed by atoms with Crippen molar-refractivity contribution < 1.29 is 4.79 Å². The van der Waals surface area contributed by atoms with Gasteiger partial charge >= 0.3 is 0 Å².